The summed E-state index contributed by atoms with van der Waals surface area (Å²) < 4.78 is 0. The minimum absolute atomic E-state index is 0. The maximum Gasteiger partial charge on any atom is 0.219 e. The minimum atomic E-state index is 0. The standard InChI is InChI=1S/C9H19NO.CH4/c1-3-5-6-7-9(11)10-8-4-2;/h3-8H2,1-2H3,(H,10,11);1H4. The Kier molecular flexibility index (Phi) is 12.2. The quantitative estimate of drug-likeness (QED) is 0.615. The van der Waals surface area contributed by atoms with Crippen LogP contribution in [0.4, 0.5) is 0 Å². The van der Waals surface area contributed by atoms with Gasteiger partial charge in [0.05, 0.1) is 0 Å². The van der Waals surface area contributed by atoms with E-state index in [0.717, 1.165) is 19.4 Å². The van der Waals surface area contributed by atoms with Crippen molar-refractivity contribution in [2.45, 2.75) is 53.4 Å². The van der Waals surface area contributed by atoms with E-state index in [2.05, 4.69) is 19.2 Å². The van der Waals surface area contributed by atoms with Crippen molar-refractivity contribution in [3.63, 3.8) is 0 Å². The fourth-order valence-corrected chi connectivity index (χ4v) is 0.888. The molecule has 12 heavy (non-hydrogen) atoms. The predicted molar refractivity (Wildman–Crippen MR) is 54.2 cm³/mol. The van der Waals surface area contributed by atoms with Gasteiger partial charge < -0.3 is 5.32 Å². The smallest absolute Gasteiger partial charge is 0.219 e. The van der Waals surface area contributed by atoms with Crippen LogP contribution < -0.4 is 5.32 Å². The van der Waals surface area contributed by atoms with Gasteiger partial charge in [-0.3, -0.25) is 4.79 Å². The summed E-state index contributed by atoms with van der Waals surface area (Å²) in [7, 11) is 0. The second kappa shape index (κ2) is 10.5. The lowest BCUT2D eigenvalue weighted by Gasteiger charge is -2.01. The number of carbonyl (C=O) groups is 1. The van der Waals surface area contributed by atoms with Crippen molar-refractivity contribution in [2.75, 3.05) is 6.54 Å². The van der Waals surface area contributed by atoms with Crippen LogP contribution in [0.3, 0.4) is 0 Å². The van der Waals surface area contributed by atoms with Gasteiger partial charge >= 0.3 is 0 Å². The monoisotopic (exact) mass is 173 g/mol. The van der Waals surface area contributed by atoms with Gasteiger partial charge in [0, 0.05) is 13.0 Å². The number of hydrogen-bond acceptors (Lipinski definition) is 1. The Hall–Kier alpha value is -0.530. The Labute approximate surface area is 76.7 Å². The number of hydrogen-bond donors (Lipinski definition) is 1. The molecule has 2 nitrogen and oxygen atoms in total. The molecule has 0 saturated heterocycles. The van der Waals surface area contributed by atoms with Crippen molar-refractivity contribution in [3.05, 3.63) is 0 Å². The highest BCUT2D eigenvalue weighted by Crippen LogP contribution is 1.97. The molecule has 0 unspecified atom stereocenters. The first kappa shape index (κ1) is 14.0. The Bertz CT molecular complexity index is 102. The van der Waals surface area contributed by atoms with Crippen LogP contribution in [0, 0.1) is 0 Å². The molecule has 0 aromatic carbocycles. The van der Waals surface area contributed by atoms with Crippen molar-refractivity contribution >= 4 is 5.91 Å². The highest BCUT2D eigenvalue weighted by Gasteiger charge is 1.97. The molecule has 0 aliphatic carbocycles. The lowest BCUT2D eigenvalue weighted by molar-refractivity contribution is -0.121. The molecule has 0 radical (unpaired) electrons. The minimum Gasteiger partial charge on any atom is -0.356 e. The highest BCUT2D eigenvalue weighted by atomic mass is 16.1. The third-order valence-corrected chi connectivity index (χ3v) is 1.58. The van der Waals surface area contributed by atoms with E-state index in [-0.39, 0.29) is 13.3 Å². The zero-order valence-corrected chi connectivity index (χ0v) is 7.65. The van der Waals surface area contributed by atoms with Crippen LogP contribution >= 0.6 is 0 Å². The van der Waals surface area contributed by atoms with E-state index in [1.807, 2.05) is 0 Å². The second-order valence-corrected chi connectivity index (χ2v) is 2.81. The van der Waals surface area contributed by atoms with E-state index < -0.39 is 0 Å². The predicted octanol–water partition coefficient (Wildman–Crippen LogP) is 2.73. The first-order valence-electron chi connectivity index (χ1n) is 4.58. The summed E-state index contributed by atoms with van der Waals surface area (Å²) in [6.07, 6.45) is 5.11. The van der Waals surface area contributed by atoms with Crippen molar-refractivity contribution in [2.24, 2.45) is 0 Å². The number of unbranched alkanes of at least 4 members (excludes halogenated alkanes) is 2. The molecule has 1 amide bonds. The van der Waals surface area contributed by atoms with Crippen molar-refractivity contribution < 1.29 is 4.79 Å². The van der Waals surface area contributed by atoms with Crippen LogP contribution in [0.25, 0.3) is 0 Å². The molecule has 1 N–H and O–H groups in total. The zero-order chi connectivity index (χ0) is 8.53. The summed E-state index contributed by atoms with van der Waals surface area (Å²) in [6, 6.07) is 0. The summed E-state index contributed by atoms with van der Waals surface area (Å²) in [6.45, 7) is 5.03. The highest BCUT2D eigenvalue weighted by molar-refractivity contribution is 5.75. The molecule has 0 aliphatic rings. The maximum absolute atomic E-state index is 11.0. The lowest BCUT2D eigenvalue weighted by Crippen LogP contribution is -2.23. The van der Waals surface area contributed by atoms with Gasteiger partial charge in [-0.1, -0.05) is 34.1 Å². The van der Waals surface area contributed by atoms with E-state index in [1.54, 1.807) is 0 Å². The van der Waals surface area contributed by atoms with Crippen molar-refractivity contribution in [3.8, 4) is 0 Å². The molecule has 0 bridgehead atoms. The van der Waals surface area contributed by atoms with Gasteiger partial charge in [-0.15, -0.1) is 0 Å². The SMILES string of the molecule is C.CCCCCC(=O)NCCC. The topological polar surface area (TPSA) is 29.1 Å². The van der Waals surface area contributed by atoms with Gasteiger partial charge in [-0.25, -0.2) is 0 Å². The molecule has 0 heterocycles. The molecule has 0 aliphatic heterocycles. The zero-order valence-electron chi connectivity index (χ0n) is 7.65. The molecule has 0 spiro atoms. The average Bonchev–Trinajstić information content (AvgIpc) is 2.01. The summed E-state index contributed by atoms with van der Waals surface area (Å²) in [5.41, 5.74) is 0. The normalized spacial score (nSPS) is 8.83. The Morgan fingerprint density at radius 2 is 1.83 bits per heavy atom. The summed E-state index contributed by atoms with van der Waals surface area (Å²) >= 11 is 0. The van der Waals surface area contributed by atoms with Gasteiger partial charge in [-0.2, -0.15) is 0 Å². The first-order valence-corrected chi connectivity index (χ1v) is 4.58. The molecule has 2 heteroatoms. The van der Waals surface area contributed by atoms with E-state index in [1.165, 1.54) is 12.8 Å². The Balaban J connectivity index is 0. The molecule has 0 fully saturated rings. The molecule has 0 saturated carbocycles. The van der Waals surface area contributed by atoms with Gasteiger partial charge in [0.25, 0.3) is 0 Å². The van der Waals surface area contributed by atoms with Crippen LogP contribution in [0.5, 0.6) is 0 Å². The molecule has 0 rings (SSSR count). The second-order valence-electron chi connectivity index (χ2n) is 2.81. The Morgan fingerprint density at radius 3 is 2.33 bits per heavy atom. The number of amides is 1. The molecular weight excluding hydrogens is 150 g/mol. The van der Waals surface area contributed by atoms with E-state index in [9.17, 15) is 4.79 Å². The Morgan fingerprint density at radius 1 is 1.17 bits per heavy atom. The van der Waals surface area contributed by atoms with E-state index in [4.69, 9.17) is 0 Å². The third kappa shape index (κ3) is 9.47. The third-order valence-electron chi connectivity index (χ3n) is 1.58. The largest absolute Gasteiger partial charge is 0.356 e. The fourth-order valence-electron chi connectivity index (χ4n) is 0.888. The molecule has 74 valence electrons. The maximum atomic E-state index is 11.0. The molecule has 0 atom stereocenters. The van der Waals surface area contributed by atoms with Crippen molar-refractivity contribution in [1.29, 1.82) is 0 Å². The summed E-state index contributed by atoms with van der Waals surface area (Å²) in [5.74, 6) is 0.209. The first-order chi connectivity index (χ1) is 5.31. The molecular formula is C10H23NO. The molecule has 0 aromatic heterocycles. The summed E-state index contributed by atoms with van der Waals surface area (Å²) in [4.78, 5) is 11.0. The average molecular weight is 173 g/mol. The van der Waals surface area contributed by atoms with E-state index in [0.29, 0.717) is 6.42 Å². The van der Waals surface area contributed by atoms with Crippen LogP contribution in [-0.4, -0.2) is 12.5 Å². The van der Waals surface area contributed by atoms with Gasteiger partial charge in [0.2, 0.25) is 5.91 Å². The van der Waals surface area contributed by atoms with Crippen LogP contribution in [0.2, 0.25) is 0 Å². The van der Waals surface area contributed by atoms with Crippen LogP contribution in [0.1, 0.15) is 53.4 Å². The fraction of sp³-hybridized carbons (Fsp3) is 0.900. The number of nitrogens with one attached hydrogen (secondary N) is 1. The van der Waals surface area contributed by atoms with Crippen molar-refractivity contribution in [1.82, 2.24) is 5.32 Å². The summed E-state index contributed by atoms with van der Waals surface area (Å²) in [5, 5.41) is 2.85. The van der Waals surface area contributed by atoms with Gasteiger partial charge in [-0.05, 0) is 12.8 Å². The lowest BCUT2D eigenvalue weighted by atomic mass is 10.2. The number of rotatable bonds is 6. The molecule has 0 aromatic rings. The van der Waals surface area contributed by atoms with E-state index >= 15 is 0 Å². The van der Waals surface area contributed by atoms with Crippen LogP contribution in [-0.2, 0) is 4.79 Å². The number of carbonyl (C=O) groups excluding carboxylic acids is 1. The van der Waals surface area contributed by atoms with Gasteiger partial charge in [0.15, 0.2) is 0 Å². The van der Waals surface area contributed by atoms with Crippen LogP contribution in [0.15, 0.2) is 0 Å². The van der Waals surface area contributed by atoms with Gasteiger partial charge in [0.1, 0.15) is 0 Å².